The van der Waals surface area contributed by atoms with Crippen molar-refractivity contribution in [3.05, 3.63) is 0 Å². The van der Waals surface area contributed by atoms with Crippen LogP contribution < -0.4 is 5.32 Å². The lowest BCUT2D eigenvalue weighted by Crippen LogP contribution is -2.51. The number of Topliss-reactive ketones (excluding diaryl/α,β-unsaturated/α-hetero) is 3. The van der Waals surface area contributed by atoms with E-state index in [1.807, 2.05) is 60.3 Å². The molecule has 192 valence electrons. The van der Waals surface area contributed by atoms with Gasteiger partial charge in [-0.05, 0) is 58.8 Å². The third-order valence-electron chi connectivity index (χ3n) is 6.75. The van der Waals surface area contributed by atoms with Gasteiger partial charge in [0.1, 0.15) is 0 Å². The van der Waals surface area contributed by atoms with E-state index in [2.05, 4.69) is 26.1 Å². The molecule has 0 aromatic heterocycles. The van der Waals surface area contributed by atoms with E-state index >= 15 is 0 Å². The predicted octanol–water partition coefficient (Wildman–Crippen LogP) is 5.45. The fourth-order valence-electron chi connectivity index (χ4n) is 4.42. The fraction of sp³-hybridized carbons (Fsp3) is 0.893. The molecule has 5 heteroatoms. The molecular weight excluding hydrogens is 412 g/mol. The molecule has 1 aliphatic rings. The van der Waals surface area contributed by atoms with E-state index in [0.29, 0.717) is 12.0 Å². The van der Waals surface area contributed by atoms with Crippen LogP contribution in [0.3, 0.4) is 0 Å². The van der Waals surface area contributed by atoms with Crippen molar-refractivity contribution in [3.8, 4) is 0 Å². The largest absolute Gasteiger partial charge is 0.309 e. The molecule has 0 bridgehead atoms. The minimum Gasteiger partial charge on any atom is -0.309 e. The molecule has 0 saturated heterocycles. The van der Waals surface area contributed by atoms with Gasteiger partial charge in [0.2, 0.25) is 0 Å². The number of hydrogen-bond acceptors (Lipinski definition) is 5. The van der Waals surface area contributed by atoms with Crippen LogP contribution in [0.1, 0.15) is 108 Å². The standard InChI is InChI=1S/C28H52N2O3/c1-19(2)25(33)22(16-20-12-14-21(15-13-20)29-28(9,10)11)30(17-23(31)26(3,4)5)18-24(32)27(6,7)8/h19-22,29H,12-18H2,1-11H3. The smallest absolute Gasteiger partial charge is 0.152 e. The number of hydrogen-bond donors (Lipinski definition) is 1. The number of carbonyl (C=O) groups excluding carboxylic acids is 3. The third kappa shape index (κ3) is 10.4. The van der Waals surface area contributed by atoms with Crippen molar-refractivity contribution >= 4 is 17.3 Å². The summed E-state index contributed by atoms with van der Waals surface area (Å²) in [4.78, 5) is 41.3. The maximum atomic E-state index is 13.4. The van der Waals surface area contributed by atoms with Crippen LogP contribution in [0.25, 0.3) is 0 Å². The molecule has 1 N–H and O–H groups in total. The van der Waals surface area contributed by atoms with Gasteiger partial charge in [-0.1, -0.05) is 55.4 Å². The Hall–Kier alpha value is -1.07. The van der Waals surface area contributed by atoms with Gasteiger partial charge in [0.15, 0.2) is 17.3 Å². The third-order valence-corrected chi connectivity index (χ3v) is 6.75. The van der Waals surface area contributed by atoms with Gasteiger partial charge in [-0.3, -0.25) is 19.3 Å². The Balaban J connectivity index is 3.10. The Labute approximate surface area is 203 Å². The molecule has 0 aliphatic heterocycles. The van der Waals surface area contributed by atoms with Crippen LogP contribution in [-0.2, 0) is 14.4 Å². The molecular formula is C28H52N2O3. The zero-order valence-electron chi connectivity index (χ0n) is 23.4. The molecule has 1 rings (SSSR count). The van der Waals surface area contributed by atoms with Crippen molar-refractivity contribution < 1.29 is 14.4 Å². The molecule has 5 nitrogen and oxygen atoms in total. The Morgan fingerprint density at radius 2 is 1.21 bits per heavy atom. The molecule has 1 atom stereocenters. The first-order valence-corrected chi connectivity index (χ1v) is 12.9. The quantitative estimate of drug-likeness (QED) is 0.466. The summed E-state index contributed by atoms with van der Waals surface area (Å²) >= 11 is 0. The van der Waals surface area contributed by atoms with E-state index in [1.165, 1.54) is 0 Å². The molecule has 1 saturated carbocycles. The monoisotopic (exact) mass is 464 g/mol. The van der Waals surface area contributed by atoms with Gasteiger partial charge >= 0.3 is 0 Å². The predicted molar refractivity (Wildman–Crippen MR) is 137 cm³/mol. The number of carbonyl (C=O) groups is 3. The molecule has 0 aromatic carbocycles. The second-order valence-corrected chi connectivity index (χ2v) is 13.7. The minimum atomic E-state index is -0.509. The van der Waals surface area contributed by atoms with Crippen molar-refractivity contribution in [1.29, 1.82) is 0 Å². The van der Waals surface area contributed by atoms with Crippen LogP contribution in [0.15, 0.2) is 0 Å². The highest BCUT2D eigenvalue weighted by Gasteiger charge is 2.37. The van der Waals surface area contributed by atoms with Crippen LogP contribution >= 0.6 is 0 Å². The normalized spacial score (nSPS) is 21.4. The lowest BCUT2D eigenvalue weighted by Gasteiger charge is -2.38. The molecule has 1 aliphatic carbocycles. The highest BCUT2D eigenvalue weighted by atomic mass is 16.1. The number of nitrogens with one attached hydrogen (secondary N) is 1. The average molecular weight is 465 g/mol. The summed E-state index contributed by atoms with van der Waals surface area (Å²) in [5.41, 5.74) is -0.915. The maximum absolute atomic E-state index is 13.4. The van der Waals surface area contributed by atoms with E-state index < -0.39 is 10.8 Å². The fourth-order valence-corrected chi connectivity index (χ4v) is 4.42. The van der Waals surface area contributed by atoms with Gasteiger partial charge in [0.05, 0.1) is 19.1 Å². The van der Waals surface area contributed by atoms with Crippen molar-refractivity contribution in [3.63, 3.8) is 0 Å². The molecule has 0 heterocycles. The van der Waals surface area contributed by atoms with E-state index in [0.717, 1.165) is 32.1 Å². The van der Waals surface area contributed by atoms with Gasteiger partial charge in [-0.25, -0.2) is 0 Å². The Morgan fingerprint density at radius 1 is 0.788 bits per heavy atom. The topological polar surface area (TPSA) is 66.5 Å². The molecule has 0 amide bonds. The van der Waals surface area contributed by atoms with Crippen molar-refractivity contribution in [1.82, 2.24) is 10.2 Å². The second kappa shape index (κ2) is 11.6. The Kier molecular flexibility index (Phi) is 10.5. The Morgan fingerprint density at radius 3 is 1.55 bits per heavy atom. The lowest BCUT2D eigenvalue weighted by molar-refractivity contribution is -0.136. The van der Waals surface area contributed by atoms with Gasteiger partial charge < -0.3 is 5.32 Å². The summed E-state index contributed by atoms with van der Waals surface area (Å²) in [5, 5.41) is 3.71. The van der Waals surface area contributed by atoms with Crippen LogP contribution in [0.4, 0.5) is 0 Å². The molecule has 0 aromatic rings. The Bertz CT molecular complexity index is 641. The molecule has 1 fully saturated rings. The number of ketones is 3. The summed E-state index contributed by atoms with van der Waals surface area (Å²) < 4.78 is 0. The van der Waals surface area contributed by atoms with Crippen LogP contribution in [-0.4, -0.2) is 53.0 Å². The van der Waals surface area contributed by atoms with Crippen molar-refractivity contribution in [2.45, 2.75) is 126 Å². The van der Waals surface area contributed by atoms with Crippen LogP contribution in [0.5, 0.6) is 0 Å². The second-order valence-electron chi connectivity index (χ2n) is 13.7. The summed E-state index contributed by atoms with van der Waals surface area (Å²) in [6.45, 7) is 22.2. The molecule has 0 spiro atoms. The lowest BCUT2D eigenvalue weighted by atomic mass is 9.79. The van der Waals surface area contributed by atoms with Crippen molar-refractivity contribution in [2.24, 2.45) is 22.7 Å². The minimum absolute atomic E-state index is 0.0730. The first kappa shape index (κ1) is 30.0. The van der Waals surface area contributed by atoms with Crippen LogP contribution in [0.2, 0.25) is 0 Å². The average Bonchev–Trinajstić information content (AvgIpc) is 2.63. The first-order valence-electron chi connectivity index (χ1n) is 12.9. The van der Waals surface area contributed by atoms with Gasteiger partial charge in [-0.2, -0.15) is 0 Å². The molecule has 0 radical (unpaired) electrons. The SMILES string of the molecule is CC(C)C(=O)C(CC1CCC(NC(C)(C)C)CC1)N(CC(=O)C(C)(C)C)CC(=O)C(C)(C)C. The van der Waals surface area contributed by atoms with E-state index in [1.54, 1.807) is 0 Å². The van der Waals surface area contributed by atoms with E-state index in [9.17, 15) is 14.4 Å². The highest BCUT2D eigenvalue weighted by Crippen LogP contribution is 2.32. The summed E-state index contributed by atoms with van der Waals surface area (Å²) in [6, 6.07) is 0.126. The van der Waals surface area contributed by atoms with Gasteiger partial charge in [0, 0.05) is 28.3 Å². The summed E-state index contributed by atoms with van der Waals surface area (Å²) in [5.74, 6) is 0.597. The number of nitrogens with zero attached hydrogens (tertiary/aromatic N) is 1. The molecule has 33 heavy (non-hydrogen) atoms. The number of rotatable bonds is 10. The first-order chi connectivity index (χ1) is 14.8. The van der Waals surface area contributed by atoms with Gasteiger partial charge in [-0.15, -0.1) is 0 Å². The zero-order chi connectivity index (χ0) is 25.8. The van der Waals surface area contributed by atoms with Crippen LogP contribution in [0, 0.1) is 22.7 Å². The van der Waals surface area contributed by atoms with Crippen molar-refractivity contribution in [2.75, 3.05) is 13.1 Å². The maximum Gasteiger partial charge on any atom is 0.152 e. The highest BCUT2D eigenvalue weighted by molar-refractivity contribution is 5.91. The zero-order valence-corrected chi connectivity index (χ0v) is 23.4. The summed E-state index contributed by atoms with van der Waals surface area (Å²) in [6.07, 6.45) is 5.08. The molecule has 1 unspecified atom stereocenters. The van der Waals surface area contributed by atoms with E-state index in [4.69, 9.17) is 0 Å². The van der Waals surface area contributed by atoms with Gasteiger partial charge in [0.25, 0.3) is 0 Å². The summed E-state index contributed by atoms with van der Waals surface area (Å²) in [7, 11) is 0. The van der Waals surface area contributed by atoms with E-state index in [-0.39, 0.29) is 47.9 Å².